The van der Waals surface area contributed by atoms with Gasteiger partial charge in [0.15, 0.2) is 0 Å². The van der Waals surface area contributed by atoms with Crippen LogP contribution in [0.25, 0.3) is 0 Å². The molecule has 0 bridgehead atoms. The number of rotatable bonds is 0. The highest BCUT2D eigenvalue weighted by molar-refractivity contribution is 5.85. The topological polar surface area (TPSA) is 29.5 Å². The second kappa shape index (κ2) is 5.32. The summed E-state index contributed by atoms with van der Waals surface area (Å²) in [4.78, 5) is 0. The molecule has 13 heavy (non-hydrogen) atoms. The Balaban J connectivity index is 0.000000720. The minimum absolute atomic E-state index is 0. The van der Waals surface area contributed by atoms with Crippen molar-refractivity contribution in [2.45, 2.75) is 13.0 Å². The molecule has 4 heteroatoms. The van der Waals surface area contributed by atoms with Gasteiger partial charge >= 0.3 is 0 Å². The van der Waals surface area contributed by atoms with Crippen LogP contribution in [0.4, 0.5) is 0 Å². The van der Waals surface area contributed by atoms with Crippen molar-refractivity contribution in [3.63, 3.8) is 0 Å². The molecule has 0 atom stereocenters. The van der Waals surface area contributed by atoms with E-state index in [0.29, 0.717) is 12.4 Å². The Morgan fingerprint density at radius 2 is 2.00 bits per heavy atom. The van der Waals surface area contributed by atoms with E-state index < -0.39 is 0 Å². The molecule has 0 fully saturated rings. The monoisotopic (exact) mass is 222 g/mol. The number of ether oxygens (including phenoxy) is 1. The van der Waals surface area contributed by atoms with E-state index in [9.17, 15) is 5.11 Å². The Hall–Kier alpha value is -0.440. The first kappa shape index (κ1) is 12.6. The second-order valence-electron chi connectivity index (χ2n) is 2.72. The minimum atomic E-state index is 0. The number of phenolic OH excluding ortho intramolecular Hbond substituents is 1. The van der Waals surface area contributed by atoms with Crippen LogP contribution in [0.5, 0.6) is 5.75 Å². The van der Waals surface area contributed by atoms with E-state index in [1.54, 1.807) is 6.07 Å². The molecule has 1 N–H and O–H groups in total. The first-order valence-corrected chi connectivity index (χ1v) is 3.75. The van der Waals surface area contributed by atoms with Gasteiger partial charge in [0.05, 0.1) is 13.2 Å². The van der Waals surface area contributed by atoms with Crippen molar-refractivity contribution in [3.05, 3.63) is 29.3 Å². The predicted molar refractivity (Wildman–Crippen MR) is 56.0 cm³/mol. The van der Waals surface area contributed by atoms with E-state index in [0.717, 1.165) is 24.2 Å². The second-order valence-corrected chi connectivity index (χ2v) is 2.72. The summed E-state index contributed by atoms with van der Waals surface area (Å²) in [5.74, 6) is 0.408. The van der Waals surface area contributed by atoms with E-state index in [1.807, 2.05) is 12.1 Å². The maximum Gasteiger partial charge on any atom is 0.119 e. The third-order valence-electron chi connectivity index (χ3n) is 2.00. The van der Waals surface area contributed by atoms with Crippen LogP contribution >= 0.6 is 24.8 Å². The molecule has 1 aromatic carbocycles. The van der Waals surface area contributed by atoms with Crippen LogP contribution in [0.3, 0.4) is 0 Å². The normalized spacial score (nSPS) is 13.5. The zero-order valence-corrected chi connectivity index (χ0v) is 8.66. The van der Waals surface area contributed by atoms with Crippen LogP contribution in [0.1, 0.15) is 11.1 Å². The predicted octanol–water partition coefficient (Wildman–Crippen LogP) is 2.31. The van der Waals surface area contributed by atoms with Crippen LogP contribution < -0.4 is 0 Å². The van der Waals surface area contributed by atoms with Crippen molar-refractivity contribution in [3.8, 4) is 5.75 Å². The molecule has 2 nitrogen and oxygen atoms in total. The number of hydrogen-bond donors (Lipinski definition) is 1. The molecule has 1 aliphatic rings. The van der Waals surface area contributed by atoms with Gasteiger partial charge in [0.25, 0.3) is 0 Å². The van der Waals surface area contributed by atoms with Gasteiger partial charge in [-0.25, -0.2) is 0 Å². The van der Waals surface area contributed by atoms with Crippen LogP contribution in [0, 0.1) is 0 Å². The molecule has 0 amide bonds. The SMILES string of the molecule is Cl.Cl.Oc1cccc2c1CCOC2. The summed E-state index contributed by atoms with van der Waals surface area (Å²) < 4.78 is 5.24. The van der Waals surface area contributed by atoms with Gasteiger partial charge in [-0.2, -0.15) is 0 Å². The van der Waals surface area contributed by atoms with Crippen LogP contribution in [-0.2, 0) is 17.8 Å². The Bertz CT molecular complexity index is 276. The lowest BCUT2D eigenvalue weighted by Gasteiger charge is -2.16. The fourth-order valence-electron chi connectivity index (χ4n) is 1.40. The molecule has 74 valence electrons. The lowest BCUT2D eigenvalue weighted by atomic mass is 10.0. The van der Waals surface area contributed by atoms with Crippen molar-refractivity contribution < 1.29 is 9.84 Å². The quantitative estimate of drug-likeness (QED) is 0.731. The third-order valence-corrected chi connectivity index (χ3v) is 2.00. The van der Waals surface area contributed by atoms with Crippen molar-refractivity contribution in [1.29, 1.82) is 0 Å². The fraction of sp³-hybridized carbons (Fsp3) is 0.333. The van der Waals surface area contributed by atoms with Gasteiger partial charge in [0.2, 0.25) is 0 Å². The van der Waals surface area contributed by atoms with Crippen LogP contribution in [0.15, 0.2) is 18.2 Å². The van der Waals surface area contributed by atoms with E-state index in [4.69, 9.17) is 4.74 Å². The zero-order chi connectivity index (χ0) is 7.68. The summed E-state index contributed by atoms with van der Waals surface area (Å²) in [6.07, 6.45) is 0.835. The lowest BCUT2D eigenvalue weighted by molar-refractivity contribution is 0.109. The lowest BCUT2D eigenvalue weighted by Crippen LogP contribution is -2.09. The maximum absolute atomic E-state index is 9.40. The van der Waals surface area contributed by atoms with Gasteiger partial charge in [0.1, 0.15) is 5.75 Å². The van der Waals surface area contributed by atoms with Gasteiger partial charge in [0, 0.05) is 5.56 Å². The molecule has 0 saturated heterocycles. The largest absolute Gasteiger partial charge is 0.508 e. The summed E-state index contributed by atoms with van der Waals surface area (Å²) in [5.41, 5.74) is 2.18. The summed E-state index contributed by atoms with van der Waals surface area (Å²) >= 11 is 0. The van der Waals surface area contributed by atoms with Gasteiger partial charge in [-0.1, -0.05) is 12.1 Å². The highest BCUT2D eigenvalue weighted by Crippen LogP contribution is 2.24. The van der Waals surface area contributed by atoms with Crippen molar-refractivity contribution in [2.24, 2.45) is 0 Å². The standard InChI is InChI=1S/C9H10O2.2ClH/c10-9-3-1-2-7-6-11-5-4-8(7)9;;/h1-3,10H,4-6H2;2*1H. The van der Waals surface area contributed by atoms with Crippen molar-refractivity contribution >= 4 is 24.8 Å². The van der Waals surface area contributed by atoms with Crippen molar-refractivity contribution in [2.75, 3.05) is 6.61 Å². The molecular weight excluding hydrogens is 211 g/mol. The van der Waals surface area contributed by atoms with E-state index in [2.05, 4.69) is 0 Å². The highest BCUT2D eigenvalue weighted by atomic mass is 35.5. The molecular formula is C9H12Cl2O2. The smallest absolute Gasteiger partial charge is 0.119 e. The number of benzene rings is 1. The first-order chi connectivity index (χ1) is 5.38. The number of phenols is 1. The molecule has 0 unspecified atom stereocenters. The maximum atomic E-state index is 9.40. The van der Waals surface area contributed by atoms with Crippen LogP contribution in [0.2, 0.25) is 0 Å². The molecule has 1 aliphatic heterocycles. The first-order valence-electron chi connectivity index (χ1n) is 3.75. The number of halogens is 2. The number of fused-ring (bicyclic) bond motifs is 1. The van der Waals surface area contributed by atoms with Crippen molar-refractivity contribution in [1.82, 2.24) is 0 Å². The third kappa shape index (κ3) is 2.50. The van der Waals surface area contributed by atoms with Gasteiger partial charge in [-0.05, 0) is 18.1 Å². The van der Waals surface area contributed by atoms with E-state index >= 15 is 0 Å². The van der Waals surface area contributed by atoms with Gasteiger partial charge < -0.3 is 9.84 Å². The summed E-state index contributed by atoms with van der Waals surface area (Å²) in [6.45, 7) is 1.37. The molecule has 0 saturated carbocycles. The molecule has 2 rings (SSSR count). The molecule has 0 aliphatic carbocycles. The highest BCUT2D eigenvalue weighted by Gasteiger charge is 2.11. The summed E-state index contributed by atoms with van der Waals surface area (Å²) in [6, 6.07) is 5.57. The summed E-state index contributed by atoms with van der Waals surface area (Å²) in [5, 5.41) is 9.40. The molecule has 0 radical (unpaired) electrons. The molecule has 0 aromatic heterocycles. The Kier molecular flexibility index (Phi) is 5.14. The van der Waals surface area contributed by atoms with Gasteiger partial charge in [-0.15, -0.1) is 24.8 Å². The zero-order valence-electron chi connectivity index (χ0n) is 7.03. The Labute approximate surface area is 89.7 Å². The molecule has 0 spiro atoms. The molecule has 1 heterocycles. The van der Waals surface area contributed by atoms with E-state index in [1.165, 1.54) is 0 Å². The fourth-order valence-corrected chi connectivity index (χ4v) is 1.40. The average Bonchev–Trinajstić information content (AvgIpc) is 2.06. The Morgan fingerprint density at radius 3 is 2.69 bits per heavy atom. The minimum Gasteiger partial charge on any atom is -0.508 e. The van der Waals surface area contributed by atoms with Gasteiger partial charge in [-0.3, -0.25) is 0 Å². The average molecular weight is 223 g/mol. The Morgan fingerprint density at radius 1 is 1.23 bits per heavy atom. The number of hydrogen-bond acceptors (Lipinski definition) is 2. The number of aromatic hydroxyl groups is 1. The van der Waals surface area contributed by atoms with E-state index in [-0.39, 0.29) is 24.8 Å². The molecule has 1 aromatic rings. The van der Waals surface area contributed by atoms with Crippen LogP contribution in [-0.4, -0.2) is 11.7 Å². The summed E-state index contributed by atoms with van der Waals surface area (Å²) in [7, 11) is 0.